The van der Waals surface area contributed by atoms with Crippen LogP contribution in [0, 0.1) is 13.8 Å². The predicted octanol–water partition coefficient (Wildman–Crippen LogP) is 4.21. The number of hydrogen-bond donors (Lipinski definition) is 1. The second kappa shape index (κ2) is 6.57. The van der Waals surface area contributed by atoms with Crippen molar-refractivity contribution in [3.8, 4) is 0 Å². The molecule has 1 fully saturated rings. The van der Waals surface area contributed by atoms with Crippen LogP contribution in [-0.4, -0.2) is 14.7 Å². The van der Waals surface area contributed by atoms with Crippen molar-refractivity contribution >= 4 is 23.0 Å². The molecule has 2 aromatic heterocycles. The quantitative estimate of drug-likeness (QED) is 0.708. The van der Waals surface area contributed by atoms with Crippen molar-refractivity contribution in [3.05, 3.63) is 83.4 Å². The lowest BCUT2D eigenvalue weighted by atomic mass is 9.98. The van der Waals surface area contributed by atoms with E-state index in [2.05, 4.69) is 76.3 Å². The predicted molar refractivity (Wildman–Crippen MR) is 109 cm³/mol. The van der Waals surface area contributed by atoms with Crippen molar-refractivity contribution in [2.45, 2.75) is 25.9 Å². The molecule has 0 bridgehead atoms. The van der Waals surface area contributed by atoms with E-state index in [1.807, 2.05) is 25.4 Å². The van der Waals surface area contributed by atoms with Gasteiger partial charge in [-0.1, -0.05) is 12.1 Å². The van der Waals surface area contributed by atoms with Crippen LogP contribution < -0.4 is 10.2 Å². The standard InChI is InChI=1S/C21H22N4S/c1-14-10-15(2)12-17(11-14)25-20(16-7-9-24(3)13-16)19(23-21(25)26)18-6-4-5-8-22-18/h4-13,19-20H,1-3H3,(H,23,26)/t19-,20-/m1/s1. The summed E-state index contributed by atoms with van der Waals surface area (Å²) in [4.78, 5) is 6.81. The summed E-state index contributed by atoms with van der Waals surface area (Å²) in [6.45, 7) is 4.24. The van der Waals surface area contributed by atoms with Crippen LogP contribution in [0.1, 0.15) is 34.5 Å². The first-order chi connectivity index (χ1) is 12.5. The zero-order valence-electron chi connectivity index (χ0n) is 15.2. The van der Waals surface area contributed by atoms with Gasteiger partial charge in [-0.2, -0.15) is 0 Å². The SMILES string of the molecule is Cc1cc(C)cc(N2C(=S)N[C@H](c3ccccn3)[C@H]2c2ccn(C)c2)c1. The summed E-state index contributed by atoms with van der Waals surface area (Å²) in [7, 11) is 2.04. The molecule has 4 rings (SSSR count). The van der Waals surface area contributed by atoms with Gasteiger partial charge < -0.3 is 14.8 Å². The van der Waals surface area contributed by atoms with Gasteiger partial charge in [-0.3, -0.25) is 4.98 Å². The number of aromatic nitrogens is 2. The highest BCUT2D eigenvalue weighted by molar-refractivity contribution is 7.80. The van der Waals surface area contributed by atoms with Gasteiger partial charge >= 0.3 is 0 Å². The molecule has 1 aliphatic rings. The Morgan fingerprint density at radius 2 is 1.85 bits per heavy atom. The Labute approximate surface area is 159 Å². The second-order valence-corrected chi connectivity index (χ2v) is 7.34. The number of benzene rings is 1. The molecule has 3 aromatic rings. The number of rotatable bonds is 3. The van der Waals surface area contributed by atoms with Gasteiger partial charge in [0.25, 0.3) is 0 Å². The summed E-state index contributed by atoms with van der Waals surface area (Å²) in [6, 6.07) is 14.8. The molecule has 1 N–H and O–H groups in total. The maximum atomic E-state index is 5.75. The number of nitrogens with one attached hydrogen (secondary N) is 1. The summed E-state index contributed by atoms with van der Waals surface area (Å²) in [5.74, 6) is 0. The minimum atomic E-state index is 0.00641. The molecule has 5 heteroatoms. The van der Waals surface area contributed by atoms with E-state index >= 15 is 0 Å². The van der Waals surface area contributed by atoms with Crippen molar-refractivity contribution in [2.75, 3.05) is 4.90 Å². The van der Waals surface area contributed by atoms with Crippen LogP contribution in [0.3, 0.4) is 0 Å². The smallest absolute Gasteiger partial charge is 0.174 e. The van der Waals surface area contributed by atoms with Crippen LogP contribution in [0.5, 0.6) is 0 Å². The van der Waals surface area contributed by atoms with Gasteiger partial charge in [0.1, 0.15) is 0 Å². The van der Waals surface area contributed by atoms with E-state index in [-0.39, 0.29) is 12.1 Å². The number of pyridine rings is 1. The van der Waals surface area contributed by atoms with Crippen LogP contribution in [0.4, 0.5) is 5.69 Å². The molecule has 26 heavy (non-hydrogen) atoms. The molecular weight excluding hydrogens is 340 g/mol. The number of nitrogens with zero attached hydrogens (tertiary/aromatic N) is 3. The van der Waals surface area contributed by atoms with Crippen molar-refractivity contribution < 1.29 is 0 Å². The van der Waals surface area contributed by atoms with Gasteiger partial charge in [0.2, 0.25) is 0 Å². The fourth-order valence-electron chi connectivity index (χ4n) is 3.76. The summed E-state index contributed by atoms with van der Waals surface area (Å²) >= 11 is 5.75. The number of aryl methyl sites for hydroxylation is 3. The topological polar surface area (TPSA) is 33.1 Å². The van der Waals surface area contributed by atoms with E-state index < -0.39 is 0 Å². The molecule has 1 saturated heterocycles. The maximum Gasteiger partial charge on any atom is 0.174 e. The van der Waals surface area contributed by atoms with E-state index in [4.69, 9.17) is 12.2 Å². The van der Waals surface area contributed by atoms with Gasteiger partial charge in [0, 0.05) is 31.3 Å². The number of thiocarbonyl (C=S) groups is 1. The fraction of sp³-hybridized carbons (Fsp3) is 0.238. The normalized spacial score (nSPS) is 19.7. The highest BCUT2D eigenvalue weighted by Gasteiger charge is 2.41. The van der Waals surface area contributed by atoms with Gasteiger partial charge in [0.15, 0.2) is 5.11 Å². The molecule has 3 heterocycles. The van der Waals surface area contributed by atoms with Gasteiger partial charge in [-0.15, -0.1) is 0 Å². The third-order valence-electron chi connectivity index (χ3n) is 4.78. The summed E-state index contributed by atoms with van der Waals surface area (Å²) < 4.78 is 2.08. The molecule has 0 radical (unpaired) electrons. The van der Waals surface area contributed by atoms with E-state index in [0.717, 1.165) is 16.5 Å². The van der Waals surface area contributed by atoms with Crippen LogP contribution in [-0.2, 0) is 7.05 Å². The lowest BCUT2D eigenvalue weighted by molar-refractivity contribution is 0.567. The van der Waals surface area contributed by atoms with E-state index in [1.54, 1.807) is 0 Å². The third kappa shape index (κ3) is 2.99. The van der Waals surface area contributed by atoms with E-state index in [1.165, 1.54) is 16.7 Å². The average molecular weight is 363 g/mol. The highest BCUT2D eigenvalue weighted by atomic mass is 32.1. The van der Waals surface area contributed by atoms with E-state index in [9.17, 15) is 0 Å². The lowest BCUT2D eigenvalue weighted by Gasteiger charge is -2.27. The molecule has 0 spiro atoms. The molecule has 1 aliphatic heterocycles. The van der Waals surface area contributed by atoms with E-state index in [0.29, 0.717) is 0 Å². The largest absolute Gasteiger partial charge is 0.357 e. The molecule has 1 aromatic carbocycles. The van der Waals surface area contributed by atoms with Gasteiger partial charge in [0.05, 0.1) is 17.8 Å². The maximum absolute atomic E-state index is 5.75. The first-order valence-corrected chi connectivity index (χ1v) is 9.14. The Kier molecular flexibility index (Phi) is 4.24. The Morgan fingerprint density at radius 3 is 2.46 bits per heavy atom. The van der Waals surface area contributed by atoms with Gasteiger partial charge in [-0.05, 0) is 73.1 Å². The minimum Gasteiger partial charge on any atom is -0.357 e. The zero-order valence-corrected chi connectivity index (χ0v) is 16.0. The zero-order chi connectivity index (χ0) is 18.3. The Hall–Kier alpha value is -2.66. The molecule has 0 amide bonds. The Bertz CT molecular complexity index is 927. The highest BCUT2D eigenvalue weighted by Crippen LogP contribution is 2.41. The van der Waals surface area contributed by atoms with Crippen LogP contribution >= 0.6 is 12.2 Å². The van der Waals surface area contributed by atoms with Crippen LogP contribution in [0.15, 0.2) is 61.1 Å². The van der Waals surface area contributed by atoms with Crippen molar-refractivity contribution in [2.24, 2.45) is 7.05 Å². The van der Waals surface area contributed by atoms with Crippen molar-refractivity contribution in [1.29, 1.82) is 0 Å². The van der Waals surface area contributed by atoms with Crippen LogP contribution in [0.25, 0.3) is 0 Å². The fourth-order valence-corrected chi connectivity index (χ4v) is 4.11. The minimum absolute atomic E-state index is 0.00641. The van der Waals surface area contributed by atoms with Crippen LogP contribution in [0.2, 0.25) is 0 Å². The Balaban J connectivity index is 1.85. The average Bonchev–Trinajstić information content (AvgIpc) is 3.18. The Morgan fingerprint density at radius 1 is 1.08 bits per heavy atom. The molecule has 132 valence electrons. The monoisotopic (exact) mass is 362 g/mol. The molecule has 2 atom stereocenters. The molecule has 0 unspecified atom stereocenters. The molecule has 4 nitrogen and oxygen atoms in total. The van der Waals surface area contributed by atoms with Gasteiger partial charge in [-0.25, -0.2) is 0 Å². The van der Waals surface area contributed by atoms with Crippen molar-refractivity contribution in [1.82, 2.24) is 14.9 Å². The lowest BCUT2D eigenvalue weighted by Crippen LogP contribution is -2.29. The second-order valence-electron chi connectivity index (χ2n) is 6.95. The number of anilines is 1. The number of hydrogen-bond acceptors (Lipinski definition) is 2. The molecule has 0 aliphatic carbocycles. The summed E-state index contributed by atoms with van der Waals surface area (Å²) in [6.07, 6.45) is 6.07. The first kappa shape index (κ1) is 16.8. The summed E-state index contributed by atoms with van der Waals surface area (Å²) in [5.41, 5.74) is 5.80. The molecule has 0 saturated carbocycles. The van der Waals surface area contributed by atoms with Crippen molar-refractivity contribution in [3.63, 3.8) is 0 Å². The summed E-state index contributed by atoms with van der Waals surface area (Å²) in [5, 5.41) is 4.24. The molecular formula is C21H22N4S. The first-order valence-electron chi connectivity index (χ1n) is 8.74. The third-order valence-corrected chi connectivity index (χ3v) is 5.09.